The zero-order chi connectivity index (χ0) is 22.6. The number of rotatable bonds is 8. The number of nitro benzene ring substituents is 1. The summed E-state index contributed by atoms with van der Waals surface area (Å²) < 4.78 is 25.8. The molecule has 0 spiro atoms. The lowest BCUT2D eigenvalue weighted by Crippen LogP contribution is -2.48. The maximum absolute atomic E-state index is 13.0. The van der Waals surface area contributed by atoms with Crippen LogP contribution in [0.4, 0.5) is 11.4 Å². The Morgan fingerprint density at radius 2 is 1.83 bits per heavy atom. The molecule has 2 aromatic carbocycles. The van der Waals surface area contributed by atoms with E-state index in [2.05, 4.69) is 5.32 Å². The Balaban J connectivity index is 2.34. The SMILES string of the molecule is CCC(NC(=O)C(C)N(c1cccc([N+](=O)[O-])c1)S(C)(=O)=O)c1ccc(C)c(C)c1. The number of hydrogen-bond donors (Lipinski definition) is 1. The van der Waals surface area contributed by atoms with Gasteiger partial charge in [-0.2, -0.15) is 0 Å². The number of non-ortho nitro benzene ring substituents is 1. The van der Waals surface area contributed by atoms with Crippen molar-refractivity contribution in [2.45, 2.75) is 46.2 Å². The molecule has 0 aliphatic heterocycles. The van der Waals surface area contributed by atoms with Gasteiger partial charge in [0.2, 0.25) is 15.9 Å². The van der Waals surface area contributed by atoms with Gasteiger partial charge in [0, 0.05) is 12.1 Å². The van der Waals surface area contributed by atoms with Crippen molar-refractivity contribution in [1.29, 1.82) is 0 Å². The summed E-state index contributed by atoms with van der Waals surface area (Å²) >= 11 is 0. The van der Waals surface area contributed by atoms with Crippen LogP contribution < -0.4 is 9.62 Å². The zero-order valence-electron chi connectivity index (χ0n) is 17.7. The molecule has 2 atom stereocenters. The van der Waals surface area contributed by atoms with Crippen LogP contribution in [0, 0.1) is 24.0 Å². The molecule has 0 aliphatic rings. The van der Waals surface area contributed by atoms with Crippen LogP contribution in [0.1, 0.15) is 43.0 Å². The number of hydrogen-bond acceptors (Lipinski definition) is 5. The molecule has 162 valence electrons. The number of anilines is 1. The second kappa shape index (κ2) is 9.25. The molecule has 9 heteroatoms. The van der Waals surface area contributed by atoms with Gasteiger partial charge in [0.1, 0.15) is 6.04 Å². The van der Waals surface area contributed by atoms with Crippen molar-refractivity contribution in [3.8, 4) is 0 Å². The van der Waals surface area contributed by atoms with Gasteiger partial charge in [-0.1, -0.05) is 31.2 Å². The minimum Gasteiger partial charge on any atom is -0.347 e. The molecule has 0 bridgehead atoms. The molecule has 2 rings (SSSR count). The quantitative estimate of drug-likeness (QED) is 0.505. The Bertz CT molecular complexity index is 1050. The van der Waals surface area contributed by atoms with Crippen LogP contribution in [0.25, 0.3) is 0 Å². The lowest BCUT2D eigenvalue weighted by Gasteiger charge is -2.29. The number of carbonyl (C=O) groups is 1. The summed E-state index contributed by atoms with van der Waals surface area (Å²) in [4.78, 5) is 23.4. The van der Waals surface area contributed by atoms with Gasteiger partial charge in [-0.25, -0.2) is 8.42 Å². The number of sulfonamides is 1. The second-order valence-corrected chi connectivity index (χ2v) is 9.18. The summed E-state index contributed by atoms with van der Waals surface area (Å²) in [6, 6.07) is 9.77. The highest BCUT2D eigenvalue weighted by Crippen LogP contribution is 2.26. The minimum absolute atomic E-state index is 0.0635. The van der Waals surface area contributed by atoms with Gasteiger partial charge in [-0.05, 0) is 49.9 Å². The number of benzene rings is 2. The molecule has 2 aromatic rings. The van der Waals surface area contributed by atoms with Gasteiger partial charge in [0.25, 0.3) is 5.69 Å². The van der Waals surface area contributed by atoms with E-state index in [-0.39, 0.29) is 17.4 Å². The third kappa shape index (κ3) is 5.35. The standard InChI is InChI=1S/C21H27N3O5S/c1-6-20(17-11-10-14(2)15(3)12-17)22-21(25)16(4)23(30(5,28)29)18-8-7-9-19(13-18)24(26)27/h7-13,16,20H,6H2,1-5H3,(H,22,25). The first kappa shape index (κ1) is 23.3. The average Bonchev–Trinajstić information content (AvgIpc) is 2.67. The first-order valence-electron chi connectivity index (χ1n) is 9.57. The van der Waals surface area contributed by atoms with Crippen LogP contribution in [0.3, 0.4) is 0 Å². The predicted molar refractivity (Wildman–Crippen MR) is 117 cm³/mol. The molecule has 0 aromatic heterocycles. The topological polar surface area (TPSA) is 110 Å². The summed E-state index contributed by atoms with van der Waals surface area (Å²) in [6.45, 7) is 7.38. The average molecular weight is 434 g/mol. The third-order valence-corrected chi connectivity index (χ3v) is 6.28. The molecule has 30 heavy (non-hydrogen) atoms. The number of amides is 1. The fourth-order valence-electron chi connectivity index (χ4n) is 3.25. The molecule has 2 unspecified atom stereocenters. The maximum Gasteiger partial charge on any atom is 0.271 e. The zero-order valence-corrected chi connectivity index (χ0v) is 18.6. The number of aryl methyl sites for hydroxylation is 2. The van der Waals surface area contributed by atoms with E-state index in [9.17, 15) is 23.3 Å². The summed E-state index contributed by atoms with van der Waals surface area (Å²) in [5.41, 5.74) is 2.98. The molecule has 0 heterocycles. The van der Waals surface area contributed by atoms with Crippen molar-refractivity contribution in [1.82, 2.24) is 5.32 Å². The normalized spacial score (nSPS) is 13.4. The van der Waals surface area contributed by atoms with Gasteiger partial charge in [0.15, 0.2) is 0 Å². The molecule has 0 aliphatic carbocycles. The third-order valence-electron chi connectivity index (χ3n) is 5.04. The van der Waals surface area contributed by atoms with E-state index < -0.39 is 26.9 Å². The minimum atomic E-state index is -3.87. The number of nitro groups is 1. The number of carbonyl (C=O) groups excluding carboxylic acids is 1. The van der Waals surface area contributed by atoms with E-state index in [0.717, 1.165) is 33.3 Å². The van der Waals surface area contributed by atoms with Crippen molar-refractivity contribution in [2.24, 2.45) is 0 Å². The summed E-state index contributed by atoms with van der Waals surface area (Å²) in [5, 5.41) is 14.0. The van der Waals surface area contributed by atoms with E-state index in [4.69, 9.17) is 0 Å². The van der Waals surface area contributed by atoms with Crippen LogP contribution in [-0.2, 0) is 14.8 Å². The van der Waals surface area contributed by atoms with Crippen molar-refractivity contribution in [3.05, 3.63) is 69.3 Å². The molecular formula is C21H27N3O5S. The second-order valence-electron chi connectivity index (χ2n) is 7.32. The van der Waals surface area contributed by atoms with Crippen LogP contribution in [0.2, 0.25) is 0 Å². The Kier molecular flexibility index (Phi) is 7.20. The number of nitrogens with one attached hydrogen (secondary N) is 1. The summed E-state index contributed by atoms with van der Waals surface area (Å²) in [6.07, 6.45) is 1.59. The first-order valence-corrected chi connectivity index (χ1v) is 11.4. The molecule has 1 N–H and O–H groups in total. The molecular weight excluding hydrogens is 406 g/mol. The summed E-state index contributed by atoms with van der Waals surface area (Å²) in [7, 11) is -3.87. The largest absolute Gasteiger partial charge is 0.347 e. The van der Waals surface area contributed by atoms with Crippen LogP contribution >= 0.6 is 0 Å². The van der Waals surface area contributed by atoms with Crippen molar-refractivity contribution in [3.63, 3.8) is 0 Å². The van der Waals surface area contributed by atoms with E-state index in [0.29, 0.717) is 6.42 Å². The van der Waals surface area contributed by atoms with Gasteiger partial charge in [-0.3, -0.25) is 19.2 Å². The number of nitrogens with zero attached hydrogens (tertiary/aromatic N) is 2. The van der Waals surface area contributed by atoms with Crippen LogP contribution in [-0.4, -0.2) is 31.5 Å². The van der Waals surface area contributed by atoms with Gasteiger partial charge in [-0.15, -0.1) is 0 Å². The monoisotopic (exact) mass is 433 g/mol. The van der Waals surface area contributed by atoms with Crippen molar-refractivity contribution in [2.75, 3.05) is 10.6 Å². The Morgan fingerprint density at radius 1 is 1.17 bits per heavy atom. The predicted octanol–water partition coefficient (Wildman–Crippen LogP) is 3.63. The Labute approximate surface area is 177 Å². The van der Waals surface area contributed by atoms with E-state index >= 15 is 0 Å². The van der Waals surface area contributed by atoms with Crippen LogP contribution in [0.15, 0.2) is 42.5 Å². The lowest BCUT2D eigenvalue weighted by molar-refractivity contribution is -0.384. The molecule has 1 amide bonds. The highest BCUT2D eigenvalue weighted by molar-refractivity contribution is 7.92. The lowest BCUT2D eigenvalue weighted by atomic mass is 9.99. The molecule has 0 saturated heterocycles. The van der Waals surface area contributed by atoms with Crippen LogP contribution in [0.5, 0.6) is 0 Å². The molecule has 0 radical (unpaired) electrons. The highest BCUT2D eigenvalue weighted by atomic mass is 32.2. The van der Waals surface area contributed by atoms with E-state index in [1.807, 2.05) is 39.0 Å². The van der Waals surface area contributed by atoms with Gasteiger partial charge < -0.3 is 5.32 Å². The first-order chi connectivity index (χ1) is 14.0. The fourth-order valence-corrected chi connectivity index (χ4v) is 4.41. The Morgan fingerprint density at radius 3 is 2.37 bits per heavy atom. The molecule has 0 fully saturated rings. The van der Waals surface area contributed by atoms with Gasteiger partial charge in [0.05, 0.1) is 22.9 Å². The molecule has 8 nitrogen and oxygen atoms in total. The van der Waals surface area contributed by atoms with Crippen molar-refractivity contribution >= 4 is 27.3 Å². The fraction of sp³-hybridized carbons (Fsp3) is 0.381. The van der Waals surface area contributed by atoms with Crippen molar-refractivity contribution < 1.29 is 18.1 Å². The van der Waals surface area contributed by atoms with Gasteiger partial charge >= 0.3 is 0 Å². The highest BCUT2D eigenvalue weighted by Gasteiger charge is 2.31. The molecule has 0 saturated carbocycles. The smallest absolute Gasteiger partial charge is 0.271 e. The summed E-state index contributed by atoms with van der Waals surface area (Å²) in [5.74, 6) is -0.489. The van der Waals surface area contributed by atoms with E-state index in [1.165, 1.54) is 25.1 Å². The van der Waals surface area contributed by atoms with E-state index in [1.54, 1.807) is 0 Å². The Hall–Kier alpha value is -2.94. The maximum atomic E-state index is 13.0.